The molecular formula is C29H36N4OS. The zero-order chi connectivity index (χ0) is 24.2. The number of amides is 1. The van der Waals surface area contributed by atoms with Crippen molar-refractivity contribution in [1.29, 1.82) is 0 Å². The number of thioether (sulfide) groups is 1. The van der Waals surface area contributed by atoms with Crippen molar-refractivity contribution in [2.75, 3.05) is 38.5 Å². The summed E-state index contributed by atoms with van der Waals surface area (Å²) in [4.78, 5) is 19.3. The molecule has 2 aromatic carbocycles. The second-order valence-electron chi connectivity index (χ2n) is 8.97. The second-order valence-corrected chi connectivity index (χ2v) is 10.3. The monoisotopic (exact) mass is 488 g/mol. The molecule has 1 aliphatic heterocycles. The molecule has 1 fully saturated rings. The van der Waals surface area contributed by atoms with E-state index in [1.165, 1.54) is 11.1 Å². The van der Waals surface area contributed by atoms with Gasteiger partial charge in [0.25, 0.3) is 5.91 Å². The third kappa shape index (κ3) is 7.40. The minimum absolute atomic E-state index is 0.0292. The molecule has 1 aromatic heterocycles. The quantitative estimate of drug-likeness (QED) is 0.377. The molecular weight excluding hydrogens is 452 g/mol. The molecule has 1 aliphatic rings. The Morgan fingerprint density at radius 2 is 1.57 bits per heavy atom. The van der Waals surface area contributed by atoms with Crippen molar-refractivity contribution >= 4 is 17.7 Å². The number of aromatic nitrogens is 1. The van der Waals surface area contributed by atoms with Crippen LogP contribution in [0.5, 0.6) is 0 Å². The number of carbonyl (C=O) groups excluding carboxylic acids is 1. The van der Waals surface area contributed by atoms with E-state index in [0.29, 0.717) is 6.54 Å². The molecule has 0 saturated carbocycles. The molecule has 5 nitrogen and oxygen atoms in total. The largest absolute Gasteiger partial charge is 0.352 e. The first kappa shape index (κ1) is 25.4. The number of nitrogens with one attached hydrogen (secondary N) is 2. The van der Waals surface area contributed by atoms with E-state index < -0.39 is 4.87 Å². The van der Waals surface area contributed by atoms with Gasteiger partial charge in [0, 0.05) is 43.3 Å². The van der Waals surface area contributed by atoms with Crippen molar-refractivity contribution in [3.8, 4) is 0 Å². The van der Waals surface area contributed by atoms with Gasteiger partial charge >= 0.3 is 0 Å². The van der Waals surface area contributed by atoms with E-state index in [1.54, 1.807) is 24.2 Å². The molecule has 1 saturated heterocycles. The first-order valence-electron chi connectivity index (χ1n) is 12.6. The van der Waals surface area contributed by atoms with Crippen LogP contribution in [0.4, 0.5) is 0 Å². The number of carbonyl (C=O) groups is 1. The van der Waals surface area contributed by atoms with Gasteiger partial charge in [-0.1, -0.05) is 66.7 Å². The van der Waals surface area contributed by atoms with Gasteiger partial charge in [0.15, 0.2) is 4.87 Å². The number of benzene rings is 2. The zero-order valence-corrected chi connectivity index (χ0v) is 21.2. The molecule has 2 heterocycles. The van der Waals surface area contributed by atoms with Gasteiger partial charge in [-0.05, 0) is 56.0 Å². The normalized spacial score (nSPS) is 17.5. The predicted molar refractivity (Wildman–Crippen MR) is 145 cm³/mol. The molecule has 1 atom stereocenters. The molecule has 3 aromatic rings. The lowest BCUT2D eigenvalue weighted by molar-refractivity contribution is -0.124. The summed E-state index contributed by atoms with van der Waals surface area (Å²) in [6.07, 6.45) is 7.92. The summed E-state index contributed by atoms with van der Waals surface area (Å²) in [5.41, 5.74) is 3.68. The van der Waals surface area contributed by atoms with Gasteiger partial charge < -0.3 is 10.2 Å². The van der Waals surface area contributed by atoms with Crippen molar-refractivity contribution in [3.05, 3.63) is 102 Å². The van der Waals surface area contributed by atoms with E-state index >= 15 is 0 Å². The minimum atomic E-state index is -0.736. The summed E-state index contributed by atoms with van der Waals surface area (Å²) in [7, 11) is 0. The van der Waals surface area contributed by atoms with Gasteiger partial charge in [-0.2, -0.15) is 0 Å². The standard InChI is InChI=1S/C29H36N4OS/c34-28(29(32-19-23-35-29)27-16-7-17-30-24-27)31-18-22-33(20-8-14-25-10-3-1-4-11-25)21-9-15-26-12-5-2-6-13-26/h1-7,10-13,16-17,24,32H,8-9,14-15,18-23H2,(H,31,34). The highest BCUT2D eigenvalue weighted by molar-refractivity contribution is 8.01. The Hall–Kier alpha value is -2.67. The number of rotatable bonds is 13. The Morgan fingerprint density at radius 1 is 0.914 bits per heavy atom. The molecule has 0 bridgehead atoms. The van der Waals surface area contributed by atoms with Gasteiger partial charge in [-0.15, -0.1) is 11.8 Å². The number of hydrogen-bond acceptors (Lipinski definition) is 5. The third-order valence-electron chi connectivity index (χ3n) is 6.46. The van der Waals surface area contributed by atoms with Crippen molar-refractivity contribution in [2.24, 2.45) is 0 Å². The van der Waals surface area contributed by atoms with Gasteiger partial charge in [0.2, 0.25) is 0 Å². The van der Waals surface area contributed by atoms with Crippen LogP contribution in [0, 0.1) is 0 Å². The van der Waals surface area contributed by atoms with Crippen molar-refractivity contribution in [2.45, 2.75) is 30.6 Å². The van der Waals surface area contributed by atoms with Crippen LogP contribution in [0.3, 0.4) is 0 Å². The zero-order valence-electron chi connectivity index (χ0n) is 20.4. The predicted octanol–water partition coefficient (Wildman–Crippen LogP) is 4.25. The number of pyridine rings is 1. The molecule has 0 spiro atoms. The van der Waals surface area contributed by atoms with E-state index in [1.807, 2.05) is 12.1 Å². The van der Waals surface area contributed by atoms with Crippen LogP contribution in [0.25, 0.3) is 0 Å². The van der Waals surface area contributed by atoms with E-state index in [4.69, 9.17) is 0 Å². The van der Waals surface area contributed by atoms with Crippen LogP contribution >= 0.6 is 11.8 Å². The van der Waals surface area contributed by atoms with E-state index in [-0.39, 0.29) is 5.91 Å². The number of nitrogens with zero attached hydrogens (tertiary/aromatic N) is 2. The summed E-state index contributed by atoms with van der Waals surface area (Å²) in [6.45, 7) is 4.36. The van der Waals surface area contributed by atoms with Crippen LogP contribution < -0.4 is 10.6 Å². The molecule has 1 amide bonds. The van der Waals surface area contributed by atoms with Crippen LogP contribution in [-0.4, -0.2) is 54.3 Å². The maximum atomic E-state index is 13.3. The first-order chi connectivity index (χ1) is 17.3. The molecule has 0 radical (unpaired) electrons. The Kier molecular flexibility index (Phi) is 9.75. The Bertz CT molecular complexity index is 965. The van der Waals surface area contributed by atoms with Crippen LogP contribution in [0.1, 0.15) is 29.5 Å². The minimum Gasteiger partial charge on any atom is -0.352 e. The lowest BCUT2D eigenvalue weighted by atomic mass is 10.1. The smallest absolute Gasteiger partial charge is 0.255 e. The molecule has 184 valence electrons. The lowest BCUT2D eigenvalue weighted by Gasteiger charge is -2.28. The summed E-state index contributed by atoms with van der Waals surface area (Å²) >= 11 is 1.66. The highest BCUT2D eigenvalue weighted by Crippen LogP contribution is 2.37. The average Bonchev–Trinajstić information content (AvgIpc) is 3.42. The van der Waals surface area contributed by atoms with Gasteiger partial charge in [0.05, 0.1) is 0 Å². The topological polar surface area (TPSA) is 57.3 Å². The molecule has 1 unspecified atom stereocenters. The first-order valence-corrected chi connectivity index (χ1v) is 13.6. The van der Waals surface area contributed by atoms with Crippen molar-refractivity contribution in [1.82, 2.24) is 20.5 Å². The van der Waals surface area contributed by atoms with Gasteiger partial charge in [-0.3, -0.25) is 15.1 Å². The van der Waals surface area contributed by atoms with Crippen LogP contribution in [0.2, 0.25) is 0 Å². The third-order valence-corrected chi connectivity index (χ3v) is 7.87. The summed E-state index contributed by atoms with van der Waals surface area (Å²) in [5.74, 6) is 0.939. The maximum Gasteiger partial charge on any atom is 0.255 e. The van der Waals surface area contributed by atoms with E-state index in [2.05, 4.69) is 81.2 Å². The highest BCUT2D eigenvalue weighted by atomic mass is 32.2. The lowest BCUT2D eigenvalue weighted by Crippen LogP contribution is -2.50. The Labute approximate surface area is 213 Å². The summed E-state index contributed by atoms with van der Waals surface area (Å²) in [6, 6.07) is 25.2. The number of hydrogen-bond donors (Lipinski definition) is 2. The highest BCUT2D eigenvalue weighted by Gasteiger charge is 2.43. The van der Waals surface area contributed by atoms with Crippen molar-refractivity contribution < 1.29 is 4.79 Å². The van der Waals surface area contributed by atoms with E-state index in [9.17, 15) is 4.79 Å². The SMILES string of the molecule is O=C(NCCN(CCCc1ccccc1)CCCc1ccccc1)C1(c2cccnc2)NCCS1. The molecule has 2 N–H and O–H groups in total. The molecule has 35 heavy (non-hydrogen) atoms. The van der Waals surface area contributed by atoms with Crippen LogP contribution in [-0.2, 0) is 22.5 Å². The fourth-order valence-electron chi connectivity index (χ4n) is 4.61. The fourth-order valence-corrected chi connectivity index (χ4v) is 5.81. The average molecular weight is 489 g/mol. The second kappa shape index (κ2) is 13.4. The Balaban J connectivity index is 1.30. The molecule has 0 aliphatic carbocycles. The molecule has 4 rings (SSSR count). The summed E-state index contributed by atoms with van der Waals surface area (Å²) < 4.78 is 0. The maximum absolute atomic E-state index is 13.3. The van der Waals surface area contributed by atoms with Gasteiger partial charge in [-0.25, -0.2) is 0 Å². The number of aryl methyl sites for hydroxylation is 2. The van der Waals surface area contributed by atoms with Crippen LogP contribution in [0.15, 0.2) is 85.2 Å². The molecule has 6 heteroatoms. The van der Waals surface area contributed by atoms with Crippen molar-refractivity contribution in [3.63, 3.8) is 0 Å². The van der Waals surface area contributed by atoms with E-state index in [0.717, 1.165) is 63.2 Å². The Morgan fingerprint density at radius 3 is 2.11 bits per heavy atom. The summed E-state index contributed by atoms with van der Waals surface area (Å²) in [5, 5.41) is 6.65. The fraction of sp³-hybridized carbons (Fsp3) is 0.379. The van der Waals surface area contributed by atoms with Gasteiger partial charge in [0.1, 0.15) is 0 Å².